The molecule has 1 aromatic rings. The third-order valence-electron chi connectivity index (χ3n) is 3.96. The molecule has 0 bridgehead atoms. The molecule has 3 nitrogen and oxygen atoms in total. The fourth-order valence-corrected chi connectivity index (χ4v) is 2.66. The first-order valence-corrected chi connectivity index (χ1v) is 4.54. The summed E-state index contributed by atoms with van der Waals surface area (Å²) < 4.78 is 2.20. The van der Waals surface area contributed by atoms with Crippen molar-refractivity contribution >= 4 is 0 Å². The van der Waals surface area contributed by atoms with Crippen LogP contribution in [-0.2, 0) is 12.0 Å². The van der Waals surface area contributed by atoms with Gasteiger partial charge in [-0.05, 0) is 18.3 Å². The Morgan fingerprint density at radius 1 is 1.50 bits per heavy atom. The van der Waals surface area contributed by atoms with Crippen LogP contribution in [0.2, 0.25) is 0 Å². The van der Waals surface area contributed by atoms with Crippen LogP contribution in [0.5, 0.6) is 0 Å². The molecule has 0 radical (unpaired) electrons. The van der Waals surface area contributed by atoms with Gasteiger partial charge in [0.1, 0.15) is 12.2 Å². The molecular weight excluding hydrogens is 150 g/mol. The third-order valence-corrected chi connectivity index (χ3v) is 3.96. The van der Waals surface area contributed by atoms with Gasteiger partial charge in [-0.2, -0.15) is 0 Å². The lowest BCUT2D eigenvalue weighted by molar-refractivity contribution is 0.344. The van der Waals surface area contributed by atoms with Gasteiger partial charge in [0.25, 0.3) is 0 Å². The average Bonchev–Trinajstić information content (AvgIpc) is 2.49. The smallest absolute Gasteiger partial charge is 0.139 e. The molecule has 1 aliphatic heterocycles. The number of aromatic nitrogens is 3. The van der Waals surface area contributed by atoms with E-state index in [9.17, 15) is 0 Å². The molecule has 2 heterocycles. The Hall–Kier alpha value is -0.860. The number of nitrogens with zero attached hydrogens (tertiary/aromatic N) is 3. The lowest BCUT2D eigenvalue weighted by atomic mass is 9.89. The number of aryl methyl sites for hydroxylation is 1. The lowest BCUT2D eigenvalue weighted by Gasteiger charge is -2.24. The highest BCUT2D eigenvalue weighted by atomic mass is 15.3. The van der Waals surface area contributed by atoms with Crippen LogP contribution in [0.15, 0.2) is 6.33 Å². The Labute approximate surface area is 71.8 Å². The van der Waals surface area contributed by atoms with Crippen LogP contribution in [0.4, 0.5) is 0 Å². The molecule has 3 heteroatoms. The van der Waals surface area contributed by atoms with E-state index in [1.165, 1.54) is 18.7 Å². The van der Waals surface area contributed by atoms with Gasteiger partial charge in [0, 0.05) is 12.0 Å². The second kappa shape index (κ2) is 1.58. The van der Waals surface area contributed by atoms with E-state index >= 15 is 0 Å². The van der Waals surface area contributed by atoms with E-state index in [1.54, 1.807) is 0 Å². The molecular formula is C9H13N3. The van der Waals surface area contributed by atoms with Gasteiger partial charge in [-0.3, -0.25) is 0 Å². The summed E-state index contributed by atoms with van der Waals surface area (Å²) in [5, 5.41) is 8.18. The summed E-state index contributed by atoms with van der Waals surface area (Å²) in [4.78, 5) is 0. The van der Waals surface area contributed by atoms with E-state index in [0.29, 0.717) is 10.8 Å². The minimum absolute atomic E-state index is 0.335. The van der Waals surface area contributed by atoms with Crippen LogP contribution >= 0.6 is 0 Å². The maximum atomic E-state index is 4.21. The van der Waals surface area contributed by atoms with Crippen molar-refractivity contribution in [1.82, 2.24) is 14.8 Å². The summed E-state index contributed by atoms with van der Waals surface area (Å²) in [5.41, 5.74) is 0.859. The van der Waals surface area contributed by atoms with Crippen molar-refractivity contribution in [3.05, 3.63) is 12.2 Å². The van der Waals surface area contributed by atoms with E-state index < -0.39 is 0 Å². The molecule has 0 saturated heterocycles. The van der Waals surface area contributed by atoms with Crippen LogP contribution in [-0.4, -0.2) is 14.8 Å². The van der Waals surface area contributed by atoms with Crippen LogP contribution in [0.1, 0.15) is 32.5 Å². The predicted octanol–water partition coefficient (Wildman–Crippen LogP) is 1.35. The van der Waals surface area contributed by atoms with Crippen LogP contribution in [0.3, 0.4) is 0 Å². The van der Waals surface area contributed by atoms with E-state index in [2.05, 4.69) is 28.6 Å². The first kappa shape index (κ1) is 6.63. The SMILES string of the molecule is CC12CCn3cnnc3C1(C)C2. The molecule has 1 saturated carbocycles. The molecule has 0 N–H and O–H groups in total. The monoisotopic (exact) mass is 163 g/mol. The topological polar surface area (TPSA) is 30.7 Å². The fraction of sp³-hybridized carbons (Fsp3) is 0.778. The second-order valence-electron chi connectivity index (χ2n) is 4.67. The quantitative estimate of drug-likeness (QED) is 0.578. The van der Waals surface area contributed by atoms with E-state index in [0.717, 1.165) is 6.54 Å². The molecule has 0 amide bonds. The Morgan fingerprint density at radius 3 is 3.17 bits per heavy atom. The Balaban J connectivity index is 2.19. The van der Waals surface area contributed by atoms with Gasteiger partial charge in [0.2, 0.25) is 0 Å². The first-order valence-electron chi connectivity index (χ1n) is 4.54. The standard InChI is InChI=1S/C9H13N3/c1-8-3-4-12-6-10-11-7(12)9(8,2)5-8/h6H,3-5H2,1-2H3. The van der Waals surface area contributed by atoms with E-state index in [4.69, 9.17) is 0 Å². The zero-order chi connectivity index (χ0) is 8.40. The van der Waals surface area contributed by atoms with Crippen molar-refractivity contribution in [3.63, 3.8) is 0 Å². The lowest BCUT2D eigenvalue weighted by Crippen LogP contribution is -2.25. The zero-order valence-electron chi connectivity index (χ0n) is 7.54. The largest absolute Gasteiger partial charge is 0.317 e. The predicted molar refractivity (Wildman–Crippen MR) is 44.7 cm³/mol. The number of fused-ring (bicyclic) bond motifs is 3. The van der Waals surface area contributed by atoms with Crippen molar-refractivity contribution < 1.29 is 0 Å². The highest BCUT2D eigenvalue weighted by Crippen LogP contribution is 2.67. The van der Waals surface area contributed by atoms with E-state index in [1.807, 2.05) is 6.33 Å². The maximum Gasteiger partial charge on any atom is 0.139 e. The van der Waals surface area contributed by atoms with Gasteiger partial charge in [0.05, 0.1) is 0 Å². The van der Waals surface area contributed by atoms with Gasteiger partial charge in [-0.25, -0.2) is 0 Å². The minimum Gasteiger partial charge on any atom is -0.317 e. The summed E-state index contributed by atoms with van der Waals surface area (Å²) in [6.45, 7) is 5.78. The molecule has 2 unspecified atom stereocenters. The Kier molecular flexibility index (Phi) is 0.875. The first-order chi connectivity index (χ1) is 5.66. The second-order valence-corrected chi connectivity index (χ2v) is 4.67. The number of hydrogen-bond donors (Lipinski definition) is 0. The van der Waals surface area contributed by atoms with Gasteiger partial charge in [0.15, 0.2) is 0 Å². The van der Waals surface area contributed by atoms with Crippen molar-refractivity contribution in [2.24, 2.45) is 5.41 Å². The van der Waals surface area contributed by atoms with Crippen LogP contribution in [0, 0.1) is 5.41 Å². The van der Waals surface area contributed by atoms with Gasteiger partial charge in [-0.1, -0.05) is 13.8 Å². The van der Waals surface area contributed by atoms with Crippen molar-refractivity contribution in [3.8, 4) is 0 Å². The van der Waals surface area contributed by atoms with Crippen LogP contribution < -0.4 is 0 Å². The summed E-state index contributed by atoms with van der Waals surface area (Å²) in [5.74, 6) is 1.20. The van der Waals surface area contributed by atoms with Crippen LogP contribution in [0.25, 0.3) is 0 Å². The summed E-state index contributed by atoms with van der Waals surface area (Å²) >= 11 is 0. The summed E-state index contributed by atoms with van der Waals surface area (Å²) in [7, 11) is 0. The molecule has 3 rings (SSSR count). The molecule has 1 aromatic heterocycles. The van der Waals surface area contributed by atoms with Crippen molar-refractivity contribution in [2.45, 2.75) is 38.6 Å². The molecule has 1 fully saturated rings. The molecule has 0 aromatic carbocycles. The molecule has 0 spiro atoms. The zero-order valence-corrected chi connectivity index (χ0v) is 7.54. The Bertz CT molecular complexity index is 339. The summed E-state index contributed by atoms with van der Waals surface area (Å²) in [6.07, 6.45) is 4.44. The maximum absolute atomic E-state index is 4.21. The summed E-state index contributed by atoms with van der Waals surface area (Å²) in [6, 6.07) is 0. The van der Waals surface area contributed by atoms with E-state index in [-0.39, 0.29) is 0 Å². The highest BCUT2D eigenvalue weighted by molar-refractivity contribution is 5.28. The van der Waals surface area contributed by atoms with Gasteiger partial charge >= 0.3 is 0 Å². The molecule has 2 aliphatic rings. The number of hydrogen-bond acceptors (Lipinski definition) is 2. The molecule has 1 aliphatic carbocycles. The average molecular weight is 163 g/mol. The molecule has 64 valence electrons. The third kappa shape index (κ3) is 0.520. The number of rotatable bonds is 0. The normalized spacial score (nSPS) is 43.5. The molecule has 2 atom stereocenters. The van der Waals surface area contributed by atoms with Gasteiger partial charge in [-0.15, -0.1) is 10.2 Å². The van der Waals surface area contributed by atoms with Gasteiger partial charge < -0.3 is 4.57 Å². The highest BCUT2D eigenvalue weighted by Gasteiger charge is 2.65. The van der Waals surface area contributed by atoms with Crippen molar-refractivity contribution in [1.29, 1.82) is 0 Å². The Morgan fingerprint density at radius 2 is 2.33 bits per heavy atom. The molecule has 12 heavy (non-hydrogen) atoms. The fourth-order valence-electron chi connectivity index (χ4n) is 2.66. The van der Waals surface area contributed by atoms with Crippen molar-refractivity contribution in [2.75, 3.05) is 0 Å². The minimum atomic E-state index is 0.335.